The van der Waals surface area contributed by atoms with Crippen LogP contribution in [0.3, 0.4) is 0 Å². The number of piperidine rings is 1. The number of nitrogens with zero attached hydrogens (tertiary/aromatic N) is 6. The quantitative estimate of drug-likeness (QED) is 0.450. The molecule has 1 amide bonds. The number of aryl methyl sites for hydroxylation is 2. The van der Waals surface area contributed by atoms with Gasteiger partial charge < -0.3 is 14.0 Å². The van der Waals surface area contributed by atoms with Crippen LogP contribution < -0.4 is 5.56 Å². The van der Waals surface area contributed by atoms with Crippen LogP contribution in [0.1, 0.15) is 49.9 Å². The minimum atomic E-state index is -0.226. The van der Waals surface area contributed by atoms with E-state index >= 15 is 0 Å². The Morgan fingerprint density at radius 3 is 2.79 bits per heavy atom. The third-order valence-corrected chi connectivity index (χ3v) is 6.27. The van der Waals surface area contributed by atoms with Gasteiger partial charge in [0, 0.05) is 24.9 Å². The summed E-state index contributed by atoms with van der Waals surface area (Å²) >= 11 is 0. The first kappa shape index (κ1) is 21.4. The van der Waals surface area contributed by atoms with Gasteiger partial charge in [0.05, 0.1) is 11.8 Å². The Kier molecular flexibility index (Phi) is 5.70. The second-order valence-corrected chi connectivity index (χ2v) is 8.78. The van der Waals surface area contributed by atoms with Gasteiger partial charge in [0.25, 0.3) is 5.56 Å². The number of benzene rings is 1. The summed E-state index contributed by atoms with van der Waals surface area (Å²) in [5.41, 5.74) is 2.72. The number of likely N-dealkylation sites (tertiary alicyclic amines) is 1. The van der Waals surface area contributed by atoms with E-state index in [0.717, 1.165) is 61.7 Å². The molecular formula is C24H28N6O3. The highest BCUT2D eigenvalue weighted by Crippen LogP contribution is 2.27. The summed E-state index contributed by atoms with van der Waals surface area (Å²) in [5, 5.41) is 4.85. The van der Waals surface area contributed by atoms with Gasteiger partial charge in [0.1, 0.15) is 24.1 Å². The van der Waals surface area contributed by atoms with Crippen molar-refractivity contribution in [1.29, 1.82) is 0 Å². The lowest BCUT2D eigenvalue weighted by Gasteiger charge is -2.27. The number of fused-ring (bicyclic) bond motifs is 3. The van der Waals surface area contributed by atoms with E-state index in [1.807, 2.05) is 41.5 Å². The van der Waals surface area contributed by atoms with Crippen LogP contribution in [-0.4, -0.2) is 48.2 Å². The first-order chi connectivity index (χ1) is 16.0. The van der Waals surface area contributed by atoms with E-state index in [9.17, 15) is 9.59 Å². The molecule has 0 aliphatic carbocycles. The zero-order chi connectivity index (χ0) is 22.9. The van der Waals surface area contributed by atoms with Crippen LogP contribution in [0.5, 0.6) is 0 Å². The summed E-state index contributed by atoms with van der Waals surface area (Å²) in [6.07, 6.45) is 6.36. The Morgan fingerprint density at radius 1 is 1.18 bits per heavy atom. The molecule has 0 spiro atoms. The number of hydrogen-bond acceptors (Lipinski definition) is 6. The molecule has 5 rings (SSSR count). The molecular weight excluding hydrogens is 420 g/mol. The molecule has 33 heavy (non-hydrogen) atoms. The fourth-order valence-electron chi connectivity index (χ4n) is 4.59. The molecule has 1 saturated heterocycles. The first-order valence-electron chi connectivity index (χ1n) is 11.6. The zero-order valence-corrected chi connectivity index (χ0v) is 19.1. The fourth-order valence-corrected chi connectivity index (χ4v) is 4.59. The molecule has 9 nitrogen and oxygen atoms in total. The molecule has 9 heteroatoms. The molecule has 0 saturated carbocycles. The van der Waals surface area contributed by atoms with E-state index in [4.69, 9.17) is 4.52 Å². The molecule has 0 unspecified atom stereocenters. The Balaban J connectivity index is 1.59. The summed E-state index contributed by atoms with van der Waals surface area (Å²) in [7, 11) is 0. The molecule has 0 N–H and O–H groups in total. The normalized spacial score (nSPS) is 14.4. The number of carbonyl (C=O) groups is 1. The molecule has 0 atom stereocenters. The molecule has 1 aromatic carbocycles. The summed E-state index contributed by atoms with van der Waals surface area (Å²) in [6.45, 7) is 5.85. The molecule has 172 valence electrons. The number of aromatic nitrogens is 5. The van der Waals surface area contributed by atoms with Crippen molar-refractivity contribution in [2.24, 2.45) is 0 Å². The minimum absolute atomic E-state index is 0.0324. The fraction of sp³-hybridized carbons (Fsp3) is 0.458. The van der Waals surface area contributed by atoms with Gasteiger partial charge in [-0.3, -0.25) is 14.2 Å². The highest BCUT2D eigenvalue weighted by molar-refractivity contribution is 6.06. The van der Waals surface area contributed by atoms with Crippen molar-refractivity contribution in [2.45, 2.75) is 59.0 Å². The summed E-state index contributed by atoms with van der Waals surface area (Å²) in [6, 6.07) is 5.98. The van der Waals surface area contributed by atoms with Crippen molar-refractivity contribution >= 4 is 27.8 Å². The van der Waals surface area contributed by atoms with Gasteiger partial charge in [-0.2, -0.15) is 4.98 Å². The van der Waals surface area contributed by atoms with E-state index in [-0.39, 0.29) is 24.6 Å². The van der Waals surface area contributed by atoms with Crippen LogP contribution in [-0.2, 0) is 24.3 Å². The van der Waals surface area contributed by atoms with Gasteiger partial charge in [-0.1, -0.05) is 23.7 Å². The topological polar surface area (TPSA) is 99.0 Å². The van der Waals surface area contributed by atoms with Crippen molar-refractivity contribution < 1.29 is 9.32 Å². The summed E-state index contributed by atoms with van der Waals surface area (Å²) in [5.74, 6) is 1.03. The van der Waals surface area contributed by atoms with Gasteiger partial charge in [-0.05, 0) is 44.7 Å². The standard InChI is InChI=1S/C24H28N6O3/c1-3-7-19-26-20(33-27-19)13-29-15-25-22-17-12-16(2)8-9-18(17)30(23(22)24(29)32)14-21(31)28-10-5-4-6-11-28/h8-9,12,15H,3-7,10-11,13-14H2,1-2H3. The molecule has 4 aromatic rings. The molecule has 4 heterocycles. The van der Waals surface area contributed by atoms with Crippen molar-refractivity contribution in [3.8, 4) is 0 Å². The monoisotopic (exact) mass is 448 g/mol. The number of amides is 1. The van der Waals surface area contributed by atoms with Gasteiger partial charge >= 0.3 is 0 Å². The predicted molar refractivity (Wildman–Crippen MR) is 124 cm³/mol. The average molecular weight is 449 g/mol. The third-order valence-electron chi connectivity index (χ3n) is 6.27. The Bertz CT molecular complexity index is 1380. The number of rotatable bonds is 6. The van der Waals surface area contributed by atoms with Crippen molar-refractivity contribution in [3.63, 3.8) is 0 Å². The largest absolute Gasteiger partial charge is 0.341 e. The summed E-state index contributed by atoms with van der Waals surface area (Å²) < 4.78 is 8.61. The van der Waals surface area contributed by atoms with Gasteiger partial charge in [-0.25, -0.2) is 4.98 Å². The van der Waals surface area contributed by atoms with Crippen molar-refractivity contribution in [1.82, 2.24) is 29.2 Å². The van der Waals surface area contributed by atoms with Gasteiger partial charge in [0.15, 0.2) is 5.82 Å². The van der Waals surface area contributed by atoms with E-state index in [1.54, 1.807) is 0 Å². The maximum Gasteiger partial charge on any atom is 0.278 e. The molecule has 1 aliphatic heterocycles. The zero-order valence-electron chi connectivity index (χ0n) is 19.1. The molecule has 1 aliphatic rings. The number of hydrogen-bond donors (Lipinski definition) is 0. The van der Waals surface area contributed by atoms with Crippen molar-refractivity contribution in [2.75, 3.05) is 13.1 Å². The van der Waals surface area contributed by atoms with Gasteiger partial charge in [-0.15, -0.1) is 0 Å². The van der Waals surface area contributed by atoms with Crippen LogP contribution in [0.25, 0.3) is 21.9 Å². The van der Waals surface area contributed by atoms with E-state index in [2.05, 4.69) is 15.1 Å². The van der Waals surface area contributed by atoms with Crippen LogP contribution >= 0.6 is 0 Å². The highest BCUT2D eigenvalue weighted by atomic mass is 16.5. The van der Waals surface area contributed by atoms with Crippen LogP contribution in [0.4, 0.5) is 0 Å². The van der Waals surface area contributed by atoms with Crippen molar-refractivity contribution in [3.05, 3.63) is 52.2 Å². The second-order valence-electron chi connectivity index (χ2n) is 8.78. The molecule has 3 aromatic heterocycles. The lowest BCUT2D eigenvalue weighted by Crippen LogP contribution is -2.38. The van der Waals surface area contributed by atoms with E-state index in [1.165, 1.54) is 10.9 Å². The Morgan fingerprint density at radius 2 is 2.00 bits per heavy atom. The maximum atomic E-state index is 13.6. The van der Waals surface area contributed by atoms with E-state index in [0.29, 0.717) is 22.7 Å². The summed E-state index contributed by atoms with van der Waals surface area (Å²) in [4.78, 5) is 37.6. The first-order valence-corrected chi connectivity index (χ1v) is 11.6. The van der Waals surface area contributed by atoms with Gasteiger partial charge in [0.2, 0.25) is 11.8 Å². The van der Waals surface area contributed by atoms with E-state index < -0.39 is 0 Å². The smallest absolute Gasteiger partial charge is 0.278 e. The second kappa shape index (κ2) is 8.80. The van der Waals surface area contributed by atoms with Crippen LogP contribution in [0.15, 0.2) is 33.8 Å². The lowest BCUT2D eigenvalue weighted by molar-refractivity contribution is -0.132. The lowest BCUT2D eigenvalue weighted by atomic mass is 10.1. The number of carbonyl (C=O) groups excluding carboxylic acids is 1. The molecule has 1 fully saturated rings. The predicted octanol–water partition coefficient (Wildman–Crippen LogP) is 3.06. The highest BCUT2D eigenvalue weighted by Gasteiger charge is 2.22. The Hall–Kier alpha value is -3.49. The molecule has 0 bridgehead atoms. The average Bonchev–Trinajstić information content (AvgIpc) is 3.39. The third kappa shape index (κ3) is 4.03. The maximum absolute atomic E-state index is 13.6. The SMILES string of the molecule is CCCc1noc(Cn2cnc3c4cc(C)ccc4n(CC(=O)N4CCCCC4)c3c2=O)n1. The van der Waals surface area contributed by atoms with Crippen LogP contribution in [0.2, 0.25) is 0 Å². The Labute approximate surface area is 191 Å². The van der Waals surface area contributed by atoms with Crippen LogP contribution in [0, 0.1) is 6.92 Å². The molecule has 0 radical (unpaired) electrons. The minimum Gasteiger partial charge on any atom is -0.341 e.